The van der Waals surface area contributed by atoms with Gasteiger partial charge in [0, 0.05) is 0 Å². The van der Waals surface area contributed by atoms with E-state index in [9.17, 15) is 4.79 Å². The standard InChI is InChI=1S/C10H20N2O2/c1-14-10(13)9(11)3-2-8-4-6-12-7-5-8/h8-9,12H,2-7,11H2,1H3/t9-/m1/s1. The lowest BCUT2D eigenvalue weighted by Gasteiger charge is -2.23. The molecular formula is C10H20N2O2. The Balaban J connectivity index is 2.15. The molecule has 0 saturated carbocycles. The largest absolute Gasteiger partial charge is 0.468 e. The molecule has 1 atom stereocenters. The lowest BCUT2D eigenvalue weighted by atomic mass is 9.91. The molecule has 0 unspecified atom stereocenters. The molecule has 1 heterocycles. The summed E-state index contributed by atoms with van der Waals surface area (Å²) in [6, 6.07) is -0.435. The highest BCUT2D eigenvalue weighted by Gasteiger charge is 2.18. The van der Waals surface area contributed by atoms with Crippen LogP contribution in [0.5, 0.6) is 0 Å². The van der Waals surface area contributed by atoms with E-state index in [4.69, 9.17) is 5.73 Å². The molecule has 0 aromatic rings. The molecule has 1 saturated heterocycles. The van der Waals surface area contributed by atoms with E-state index in [1.165, 1.54) is 20.0 Å². The Morgan fingerprint density at radius 1 is 1.57 bits per heavy atom. The molecule has 4 heteroatoms. The molecule has 3 N–H and O–H groups in total. The van der Waals surface area contributed by atoms with Gasteiger partial charge in [-0.05, 0) is 44.7 Å². The molecule has 0 bridgehead atoms. The zero-order valence-electron chi connectivity index (χ0n) is 8.79. The van der Waals surface area contributed by atoms with Crippen LogP contribution in [0.2, 0.25) is 0 Å². The van der Waals surface area contributed by atoms with Gasteiger partial charge in [0.15, 0.2) is 0 Å². The summed E-state index contributed by atoms with van der Waals surface area (Å²) in [4.78, 5) is 11.0. The number of hydrogen-bond acceptors (Lipinski definition) is 4. The molecule has 1 fully saturated rings. The third kappa shape index (κ3) is 3.64. The van der Waals surface area contributed by atoms with Crippen molar-refractivity contribution in [2.24, 2.45) is 11.7 Å². The molecule has 1 aliphatic rings. The summed E-state index contributed by atoms with van der Waals surface area (Å²) in [5, 5.41) is 3.31. The van der Waals surface area contributed by atoms with Crippen molar-refractivity contribution in [1.82, 2.24) is 5.32 Å². The van der Waals surface area contributed by atoms with Crippen LogP contribution in [-0.4, -0.2) is 32.2 Å². The van der Waals surface area contributed by atoms with Gasteiger partial charge in [0.1, 0.15) is 6.04 Å². The van der Waals surface area contributed by atoms with E-state index in [-0.39, 0.29) is 5.97 Å². The van der Waals surface area contributed by atoms with E-state index in [2.05, 4.69) is 10.1 Å². The summed E-state index contributed by atoms with van der Waals surface area (Å²) in [5.41, 5.74) is 5.65. The Kier molecular flexibility index (Phi) is 4.90. The number of nitrogens with two attached hydrogens (primary N) is 1. The Labute approximate surface area is 85.2 Å². The zero-order chi connectivity index (χ0) is 10.4. The van der Waals surface area contributed by atoms with Crippen LogP contribution in [0.4, 0.5) is 0 Å². The van der Waals surface area contributed by atoms with E-state index < -0.39 is 6.04 Å². The van der Waals surface area contributed by atoms with Gasteiger partial charge in [-0.3, -0.25) is 4.79 Å². The highest BCUT2D eigenvalue weighted by atomic mass is 16.5. The molecule has 0 amide bonds. The van der Waals surface area contributed by atoms with E-state index in [1.807, 2.05) is 0 Å². The van der Waals surface area contributed by atoms with Crippen LogP contribution in [-0.2, 0) is 9.53 Å². The molecule has 82 valence electrons. The zero-order valence-corrected chi connectivity index (χ0v) is 8.79. The van der Waals surface area contributed by atoms with E-state index in [1.54, 1.807) is 0 Å². The van der Waals surface area contributed by atoms with Gasteiger partial charge in [-0.25, -0.2) is 0 Å². The number of carbonyl (C=O) groups is 1. The molecule has 0 aromatic carbocycles. The van der Waals surface area contributed by atoms with Crippen molar-refractivity contribution in [1.29, 1.82) is 0 Å². The van der Waals surface area contributed by atoms with Crippen molar-refractivity contribution in [2.75, 3.05) is 20.2 Å². The maximum atomic E-state index is 11.0. The normalized spacial score (nSPS) is 20.4. The highest BCUT2D eigenvalue weighted by Crippen LogP contribution is 2.18. The van der Waals surface area contributed by atoms with Crippen LogP contribution < -0.4 is 11.1 Å². The van der Waals surface area contributed by atoms with Crippen molar-refractivity contribution in [2.45, 2.75) is 31.7 Å². The minimum Gasteiger partial charge on any atom is -0.468 e. The van der Waals surface area contributed by atoms with Crippen LogP contribution in [0.15, 0.2) is 0 Å². The van der Waals surface area contributed by atoms with Crippen LogP contribution in [0.1, 0.15) is 25.7 Å². The molecule has 1 rings (SSSR count). The minimum atomic E-state index is -0.435. The lowest BCUT2D eigenvalue weighted by molar-refractivity contribution is -0.142. The number of hydrogen-bond donors (Lipinski definition) is 2. The predicted octanol–water partition coefficient (Wildman–Crippen LogP) is 0.267. The molecule has 0 aliphatic carbocycles. The van der Waals surface area contributed by atoms with Crippen LogP contribution in [0.3, 0.4) is 0 Å². The first-order chi connectivity index (χ1) is 6.74. The smallest absolute Gasteiger partial charge is 0.322 e. The Morgan fingerprint density at radius 3 is 2.79 bits per heavy atom. The highest BCUT2D eigenvalue weighted by molar-refractivity contribution is 5.75. The second-order valence-corrected chi connectivity index (χ2v) is 3.90. The fourth-order valence-electron chi connectivity index (χ4n) is 1.85. The first-order valence-electron chi connectivity index (χ1n) is 5.28. The van der Waals surface area contributed by atoms with Gasteiger partial charge in [0.05, 0.1) is 7.11 Å². The van der Waals surface area contributed by atoms with Crippen molar-refractivity contribution in [3.63, 3.8) is 0 Å². The number of esters is 1. The number of piperidine rings is 1. The first-order valence-corrected chi connectivity index (χ1v) is 5.28. The van der Waals surface area contributed by atoms with E-state index >= 15 is 0 Å². The monoisotopic (exact) mass is 200 g/mol. The van der Waals surface area contributed by atoms with Crippen LogP contribution in [0.25, 0.3) is 0 Å². The van der Waals surface area contributed by atoms with Gasteiger partial charge in [-0.1, -0.05) is 0 Å². The van der Waals surface area contributed by atoms with Crippen molar-refractivity contribution in [3.8, 4) is 0 Å². The number of carbonyl (C=O) groups excluding carboxylic acids is 1. The number of rotatable bonds is 4. The topological polar surface area (TPSA) is 64.3 Å². The average molecular weight is 200 g/mol. The number of nitrogens with one attached hydrogen (secondary N) is 1. The predicted molar refractivity (Wildman–Crippen MR) is 54.8 cm³/mol. The second-order valence-electron chi connectivity index (χ2n) is 3.90. The fraction of sp³-hybridized carbons (Fsp3) is 0.900. The Morgan fingerprint density at radius 2 is 2.21 bits per heavy atom. The van der Waals surface area contributed by atoms with Gasteiger partial charge in [0.25, 0.3) is 0 Å². The van der Waals surface area contributed by atoms with Crippen molar-refractivity contribution in [3.05, 3.63) is 0 Å². The molecular weight excluding hydrogens is 180 g/mol. The molecule has 14 heavy (non-hydrogen) atoms. The molecule has 0 radical (unpaired) electrons. The van der Waals surface area contributed by atoms with Gasteiger partial charge in [0.2, 0.25) is 0 Å². The molecule has 0 aromatic heterocycles. The summed E-state index contributed by atoms with van der Waals surface area (Å²) in [6.45, 7) is 2.19. The van der Waals surface area contributed by atoms with E-state index in [0.29, 0.717) is 0 Å². The molecule has 1 aliphatic heterocycles. The SMILES string of the molecule is COC(=O)[C@H](N)CCC1CCNCC1. The summed E-state index contributed by atoms with van der Waals surface area (Å²) in [7, 11) is 1.38. The van der Waals surface area contributed by atoms with Gasteiger partial charge in [-0.15, -0.1) is 0 Å². The summed E-state index contributed by atoms with van der Waals surface area (Å²) in [5.74, 6) is 0.436. The third-order valence-corrected chi connectivity index (χ3v) is 2.85. The Bertz CT molecular complexity index is 179. The summed E-state index contributed by atoms with van der Waals surface area (Å²) >= 11 is 0. The minimum absolute atomic E-state index is 0.293. The maximum absolute atomic E-state index is 11.0. The average Bonchev–Trinajstić information content (AvgIpc) is 2.26. The first kappa shape index (κ1) is 11.5. The van der Waals surface area contributed by atoms with E-state index in [0.717, 1.165) is 31.8 Å². The van der Waals surface area contributed by atoms with Crippen LogP contribution in [0, 0.1) is 5.92 Å². The van der Waals surface area contributed by atoms with Gasteiger partial charge >= 0.3 is 5.97 Å². The van der Waals surface area contributed by atoms with Crippen LogP contribution >= 0.6 is 0 Å². The number of ether oxygens (including phenoxy) is 1. The Hall–Kier alpha value is -0.610. The lowest BCUT2D eigenvalue weighted by Crippen LogP contribution is -2.33. The van der Waals surface area contributed by atoms with Gasteiger partial charge < -0.3 is 15.8 Å². The van der Waals surface area contributed by atoms with Crippen molar-refractivity contribution < 1.29 is 9.53 Å². The fourth-order valence-corrected chi connectivity index (χ4v) is 1.85. The number of methoxy groups -OCH3 is 1. The summed E-state index contributed by atoms with van der Waals surface area (Å²) in [6.07, 6.45) is 4.19. The molecule has 0 spiro atoms. The maximum Gasteiger partial charge on any atom is 0.322 e. The van der Waals surface area contributed by atoms with Crippen molar-refractivity contribution >= 4 is 5.97 Å². The quantitative estimate of drug-likeness (QED) is 0.639. The summed E-state index contributed by atoms with van der Waals surface area (Å²) < 4.78 is 4.58. The van der Waals surface area contributed by atoms with Gasteiger partial charge in [-0.2, -0.15) is 0 Å². The molecule has 4 nitrogen and oxygen atoms in total. The third-order valence-electron chi connectivity index (χ3n) is 2.85. The second kappa shape index (κ2) is 5.98.